The molecule has 1 aliphatic carbocycles. The van der Waals surface area contributed by atoms with Crippen LogP contribution in [0, 0.1) is 11.8 Å². The molecular formula is C22H17Br2Cl3N2O3. The first-order chi connectivity index (χ1) is 15.2. The number of rotatable bonds is 4. The summed E-state index contributed by atoms with van der Waals surface area (Å²) in [6, 6.07) is 11.2. The Bertz CT molecular complexity index is 1050. The monoisotopic (exact) mass is 620 g/mol. The fourth-order valence-electron chi connectivity index (χ4n) is 4.10. The molecule has 1 heterocycles. The van der Waals surface area contributed by atoms with E-state index in [2.05, 4.69) is 31.9 Å². The van der Waals surface area contributed by atoms with Gasteiger partial charge in [-0.3, -0.25) is 14.4 Å². The van der Waals surface area contributed by atoms with Gasteiger partial charge in [-0.1, -0.05) is 72.7 Å². The molecule has 2 aromatic rings. The van der Waals surface area contributed by atoms with E-state index in [1.165, 1.54) is 5.01 Å². The molecule has 4 atom stereocenters. The van der Waals surface area contributed by atoms with Crippen LogP contribution in [-0.4, -0.2) is 37.4 Å². The fourth-order valence-corrected chi connectivity index (χ4v) is 5.79. The van der Waals surface area contributed by atoms with Gasteiger partial charge in [-0.25, -0.2) is 5.01 Å². The molecular weight excluding hydrogens is 606 g/mol. The Balaban J connectivity index is 1.72. The van der Waals surface area contributed by atoms with Gasteiger partial charge >= 0.3 is 0 Å². The number of imide groups is 1. The standard InChI is InChI=1S/C22H17Br2Cl3N2O3/c23-16-8-14-15(9-17(16)24)22(32)29(21(14)31)28(10-11-1-6-18(26)19(27)7-11)20(30)12-2-4-13(25)5-3-12/h1-7,14-17H,8-10H2/t14-,15-,16-,17+/m1/s1. The van der Waals surface area contributed by atoms with Crippen molar-refractivity contribution in [3.05, 3.63) is 68.7 Å². The summed E-state index contributed by atoms with van der Waals surface area (Å²) >= 11 is 25.3. The highest BCUT2D eigenvalue weighted by molar-refractivity contribution is 9.12. The number of fused-ring (bicyclic) bond motifs is 1. The van der Waals surface area contributed by atoms with E-state index in [0.717, 1.165) is 5.01 Å². The molecule has 32 heavy (non-hydrogen) atoms. The Labute approximate surface area is 217 Å². The molecule has 10 heteroatoms. The minimum absolute atomic E-state index is 0.0231. The smallest absolute Gasteiger partial charge is 0.272 e. The van der Waals surface area contributed by atoms with Gasteiger partial charge in [-0.15, -0.1) is 0 Å². The lowest BCUT2D eigenvalue weighted by Crippen LogP contribution is -2.49. The van der Waals surface area contributed by atoms with E-state index >= 15 is 0 Å². The van der Waals surface area contributed by atoms with Gasteiger partial charge in [0.2, 0.25) is 0 Å². The minimum atomic E-state index is -0.487. The maximum Gasteiger partial charge on any atom is 0.273 e. The van der Waals surface area contributed by atoms with Gasteiger partial charge in [0.15, 0.2) is 0 Å². The van der Waals surface area contributed by atoms with Gasteiger partial charge in [0.05, 0.1) is 28.4 Å². The normalized spacial score (nSPS) is 25.1. The van der Waals surface area contributed by atoms with Crippen molar-refractivity contribution in [1.82, 2.24) is 10.0 Å². The largest absolute Gasteiger partial charge is 0.273 e. The number of alkyl halides is 2. The maximum atomic E-state index is 13.5. The van der Waals surface area contributed by atoms with Crippen LogP contribution >= 0.6 is 66.7 Å². The summed E-state index contributed by atoms with van der Waals surface area (Å²) in [7, 11) is 0. The third-order valence-corrected chi connectivity index (χ3v) is 9.50. The highest BCUT2D eigenvalue weighted by Crippen LogP contribution is 2.44. The molecule has 2 aromatic carbocycles. The first-order valence-electron chi connectivity index (χ1n) is 9.84. The summed E-state index contributed by atoms with van der Waals surface area (Å²) in [5.74, 6) is -2.18. The van der Waals surface area contributed by atoms with Crippen LogP contribution in [0.1, 0.15) is 28.8 Å². The van der Waals surface area contributed by atoms with E-state index < -0.39 is 17.7 Å². The highest BCUT2D eigenvalue weighted by atomic mass is 79.9. The second kappa shape index (κ2) is 9.63. The van der Waals surface area contributed by atoms with E-state index in [4.69, 9.17) is 34.8 Å². The molecule has 5 nitrogen and oxygen atoms in total. The van der Waals surface area contributed by atoms with Gasteiger partial charge in [0.1, 0.15) is 0 Å². The van der Waals surface area contributed by atoms with Crippen molar-refractivity contribution in [3.8, 4) is 0 Å². The van der Waals surface area contributed by atoms with Crippen molar-refractivity contribution in [2.75, 3.05) is 0 Å². The number of amides is 3. The molecule has 0 bridgehead atoms. The summed E-state index contributed by atoms with van der Waals surface area (Å²) in [5.41, 5.74) is 0.940. The van der Waals surface area contributed by atoms with Crippen LogP contribution < -0.4 is 0 Å². The summed E-state index contributed by atoms with van der Waals surface area (Å²) in [4.78, 5) is 40.3. The average Bonchev–Trinajstić information content (AvgIpc) is 2.99. The number of carbonyl (C=O) groups is 3. The van der Waals surface area contributed by atoms with Crippen LogP contribution in [0.5, 0.6) is 0 Å². The van der Waals surface area contributed by atoms with Gasteiger partial charge in [0.25, 0.3) is 17.7 Å². The zero-order valence-corrected chi connectivity index (χ0v) is 21.9. The molecule has 4 rings (SSSR count). The zero-order chi connectivity index (χ0) is 23.2. The van der Waals surface area contributed by atoms with Crippen LogP contribution in [0.4, 0.5) is 0 Å². The van der Waals surface area contributed by atoms with E-state index in [1.807, 2.05) is 0 Å². The molecule has 1 saturated carbocycles. The SMILES string of the molecule is O=C(c1ccc(Cl)cc1)N(Cc1ccc(Cl)c(Cl)c1)N1C(=O)[C@@H]2C[C@@H](Br)[C@@H](Br)C[C@H]2C1=O. The summed E-state index contributed by atoms with van der Waals surface area (Å²) in [5, 5.41) is 3.37. The number of carbonyl (C=O) groups excluding carboxylic acids is 3. The Morgan fingerprint density at radius 1 is 0.906 bits per heavy atom. The lowest BCUT2D eigenvalue weighted by Gasteiger charge is -2.30. The molecule has 1 saturated heterocycles. The van der Waals surface area contributed by atoms with Gasteiger partial charge in [-0.2, -0.15) is 5.01 Å². The Morgan fingerprint density at radius 3 is 2.00 bits per heavy atom. The highest BCUT2D eigenvalue weighted by Gasteiger charge is 2.54. The Hall–Kier alpha value is -1.12. The van der Waals surface area contributed by atoms with Gasteiger partial charge in [0, 0.05) is 20.2 Å². The van der Waals surface area contributed by atoms with Crippen molar-refractivity contribution < 1.29 is 14.4 Å². The predicted molar refractivity (Wildman–Crippen MR) is 131 cm³/mol. The van der Waals surface area contributed by atoms with Gasteiger partial charge in [-0.05, 0) is 54.8 Å². The summed E-state index contributed by atoms with van der Waals surface area (Å²) in [6.07, 6.45) is 1.02. The summed E-state index contributed by atoms with van der Waals surface area (Å²) < 4.78 is 0. The van der Waals surface area contributed by atoms with Crippen LogP contribution in [-0.2, 0) is 16.1 Å². The number of halogens is 5. The van der Waals surface area contributed by atoms with E-state index in [1.54, 1.807) is 42.5 Å². The second-order valence-electron chi connectivity index (χ2n) is 7.82. The van der Waals surface area contributed by atoms with Crippen molar-refractivity contribution in [2.45, 2.75) is 29.0 Å². The van der Waals surface area contributed by atoms with E-state index in [-0.39, 0.29) is 28.0 Å². The molecule has 0 unspecified atom stereocenters. The van der Waals surface area contributed by atoms with Crippen LogP contribution in [0.2, 0.25) is 15.1 Å². The molecule has 2 fully saturated rings. The molecule has 2 aliphatic rings. The molecule has 1 aliphatic heterocycles. The number of hydrazine groups is 1. The van der Waals surface area contributed by atoms with Crippen molar-refractivity contribution in [1.29, 1.82) is 0 Å². The topological polar surface area (TPSA) is 57.7 Å². The first-order valence-corrected chi connectivity index (χ1v) is 12.8. The lowest BCUT2D eigenvalue weighted by atomic mass is 9.81. The van der Waals surface area contributed by atoms with Crippen LogP contribution in [0.3, 0.4) is 0 Å². The van der Waals surface area contributed by atoms with E-state index in [9.17, 15) is 14.4 Å². The van der Waals surface area contributed by atoms with Crippen molar-refractivity contribution in [3.63, 3.8) is 0 Å². The molecule has 168 valence electrons. The predicted octanol–water partition coefficient (Wildman–Crippen LogP) is 6.13. The second-order valence-corrected chi connectivity index (χ2v) is 11.4. The summed E-state index contributed by atoms with van der Waals surface area (Å²) in [6.45, 7) is -0.0231. The maximum absolute atomic E-state index is 13.5. The molecule has 0 radical (unpaired) electrons. The fraction of sp³-hybridized carbons (Fsp3) is 0.318. The molecule has 3 amide bonds. The molecule has 0 N–H and O–H groups in total. The third kappa shape index (κ3) is 4.60. The number of hydrogen-bond acceptors (Lipinski definition) is 3. The Morgan fingerprint density at radius 2 is 1.47 bits per heavy atom. The number of hydrogen-bond donors (Lipinski definition) is 0. The van der Waals surface area contributed by atoms with Crippen molar-refractivity contribution >= 4 is 84.4 Å². The zero-order valence-electron chi connectivity index (χ0n) is 16.5. The average molecular weight is 624 g/mol. The quantitative estimate of drug-likeness (QED) is 0.305. The minimum Gasteiger partial charge on any atom is -0.272 e. The number of benzene rings is 2. The third-order valence-electron chi connectivity index (χ3n) is 5.77. The van der Waals surface area contributed by atoms with Crippen LogP contribution in [0.25, 0.3) is 0 Å². The van der Waals surface area contributed by atoms with Crippen molar-refractivity contribution in [2.24, 2.45) is 11.8 Å². The van der Waals surface area contributed by atoms with Gasteiger partial charge < -0.3 is 0 Å². The Kier molecular flexibility index (Phi) is 7.23. The first kappa shape index (κ1) is 24.0. The van der Waals surface area contributed by atoms with Crippen LogP contribution in [0.15, 0.2) is 42.5 Å². The lowest BCUT2D eigenvalue weighted by molar-refractivity contribution is -0.155. The van der Waals surface area contributed by atoms with E-state index in [0.29, 0.717) is 39.0 Å². The number of nitrogens with zero attached hydrogens (tertiary/aromatic N) is 2. The molecule has 0 aromatic heterocycles. The molecule has 0 spiro atoms.